The molecule has 1 aliphatic rings. The minimum absolute atomic E-state index is 0.234. The van der Waals surface area contributed by atoms with E-state index in [1.54, 1.807) is 6.07 Å². The lowest BCUT2D eigenvalue weighted by Crippen LogP contribution is -2.30. The van der Waals surface area contributed by atoms with Gasteiger partial charge in [0.25, 0.3) is 0 Å². The monoisotopic (exact) mass is 238 g/mol. The maximum atomic E-state index is 13.1. The van der Waals surface area contributed by atoms with E-state index in [0.717, 1.165) is 25.7 Å². The van der Waals surface area contributed by atoms with Gasteiger partial charge in [0.05, 0.1) is 6.10 Å². The second kappa shape index (κ2) is 5.36. The summed E-state index contributed by atoms with van der Waals surface area (Å²) >= 11 is 0. The van der Waals surface area contributed by atoms with Crippen LogP contribution >= 0.6 is 0 Å². The van der Waals surface area contributed by atoms with Crippen molar-refractivity contribution >= 4 is 11.4 Å². The average Bonchev–Trinajstić information content (AvgIpc) is 2.27. The molecule has 0 radical (unpaired) electrons. The van der Waals surface area contributed by atoms with Crippen LogP contribution in [0.5, 0.6) is 0 Å². The van der Waals surface area contributed by atoms with Crippen molar-refractivity contribution in [1.82, 2.24) is 0 Å². The number of anilines is 2. The Hall–Kier alpha value is -1.29. The second-order valence-electron chi connectivity index (χ2n) is 4.77. The highest BCUT2D eigenvalue weighted by Gasteiger charge is 2.22. The summed E-state index contributed by atoms with van der Waals surface area (Å²) in [6.07, 6.45) is 3.93. The molecule has 94 valence electrons. The SMILES string of the molecule is Nc1cc(F)cc(NCC2CCCCC2O)c1. The predicted molar refractivity (Wildman–Crippen MR) is 67.3 cm³/mol. The third-order valence-electron chi connectivity index (χ3n) is 3.36. The van der Waals surface area contributed by atoms with Crippen LogP contribution in [0.3, 0.4) is 0 Å². The Morgan fingerprint density at radius 1 is 1.29 bits per heavy atom. The van der Waals surface area contributed by atoms with Crippen LogP contribution in [0.2, 0.25) is 0 Å². The molecule has 1 saturated carbocycles. The molecule has 4 heteroatoms. The lowest BCUT2D eigenvalue weighted by Gasteiger charge is -2.28. The van der Waals surface area contributed by atoms with Gasteiger partial charge in [0.2, 0.25) is 0 Å². The van der Waals surface area contributed by atoms with E-state index in [-0.39, 0.29) is 17.8 Å². The molecule has 0 aromatic heterocycles. The average molecular weight is 238 g/mol. The Morgan fingerprint density at radius 3 is 2.76 bits per heavy atom. The van der Waals surface area contributed by atoms with Gasteiger partial charge in [0.15, 0.2) is 0 Å². The Labute approximate surface area is 101 Å². The first-order chi connectivity index (χ1) is 8.15. The highest BCUT2D eigenvalue weighted by molar-refractivity contribution is 5.54. The lowest BCUT2D eigenvalue weighted by molar-refractivity contribution is 0.0763. The summed E-state index contributed by atoms with van der Waals surface area (Å²) in [6.45, 7) is 0.671. The van der Waals surface area contributed by atoms with E-state index in [9.17, 15) is 9.50 Å². The largest absolute Gasteiger partial charge is 0.399 e. The predicted octanol–water partition coefficient (Wildman–Crippen LogP) is 2.37. The summed E-state index contributed by atoms with van der Waals surface area (Å²) in [6, 6.07) is 4.42. The first-order valence-electron chi connectivity index (χ1n) is 6.13. The molecule has 3 nitrogen and oxygen atoms in total. The molecule has 1 aliphatic carbocycles. The van der Waals surface area contributed by atoms with E-state index in [0.29, 0.717) is 17.9 Å². The maximum Gasteiger partial charge on any atom is 0.127 e. The van der Waals surface area contributed by atoms with Crippen molar-refractivity contribution in [2.75, 3.05) is 17.6 Å². The molecule has 1 aromatic carbocycles. The summed E-state index contributed by atoms with van der Waals surface area (Å²) in [7, 11) is 0. The van der Waals surface area contributed by atoms with E-state index in [1.807, 2.05) is 0 Å². The Bertz CT molecular complexity index is 363. The van der Waals surface area contributed by atoms with Crippen molar-refractivity contribution < 1.29 is 9.50 Å². The topological polar surface area (TPSA) is 58.3 Å². The smallest absolute Gasteiger partial charge is 0.127 e. The minimum atomic E-state index is -0.336. The van der Waals surface area contributed by atoms with Gasteiger partial charge in [-0.1, -0.05) is 12.8 Å². The van der Waals surface area contributed by atoms with Gasteiger partial charge < -0.3 is 16.2 Å². The van der Waals surface area contributed by atoms with Gasteiger partial charge >= 0.3 is 0 Å². The molecule has 2 unspecified atom stereocenters. The van der Waals surface area contributed by atoms with Crippen LogP contribution in [0, 0.1) is 11.7 Å². The normalized spacial score (nSPS) is 24.6. The standard InChI is InChI=1S/C13H19FN2O/c14-10-5-11(15)7-12(6-10)16-8-9-3-1-2-4-13(9)17/h5-7,9,13,16-17H,1-4,8,15H2. The Balaban J connectivity index is 1.92. The number of nitrogen functional groups attached to an aromatic ring is 1. The molecule has 2 rings (SSSR count). The van der Waals surface area contributed by atoms with Crippen LogP contribution in [0.15, 0.2) is 18.2 Å². The lowest BCUT2D eigenvalue weighted by atomic mass is 9.86. The third-order valence-corrected chi connectivity index (χ3v) is 3.36. The fraction of sp³-hybridized carbons (Fsp3) is 0.538. The van der Waals surface area contributed by atoms with Gasteiger partial charge in [0.1, 0.15) is 5.82 Å². The number of rotatable bonds is 3. The molecule has 17 heavy (non-hydrogen) atoms. The summed E-state index contributed by atoms with van der Waals surface area (Å²) in [5, 5.41) is 13.0. The molecule has 2 atom stereocenters. The minimum Gasteiger partial charge on any atom is -0.399 e. The molecular formula is C13H19FN2O. The fourth-order valence-electron chi connectivity index (χ4n) is 2.39. The van der Waals surface area contributed by atoms with E-state index in [4.69, 9.17) is 5.73 Å². The fourth-order valence-corrected chi connectivity index (χ4v) is 2.39. The number of aliphatic hydroxyl groups is 1. The van der Waals surface area contributed by atoms with Crippen LogP contribution in [-0.2, 0) is 0 Å². The van der Waals surface area contributed by atoms with Crippen molar-refractivity contribution in [2.45, 2.75) is 31.8 Å². The molecular weight excluding hydrogens is 219 g/mol. The number of hydrogen-bond donors (Lipinski definition) is 3. The number of halogens is 1. The molecule has 0 amide bonds. The van der Waals surface area contributed by atoms with Gasteiger partial charge in [-0.3, -0.25) is 0 Å². The van der Waals surface area contributed by atoms with E-state index < -0.39 is 0 Å². The van der Waals surface area contributed by atoms with Crippen LogP contribution in [0.1, 0.15) is 25.7 Å². The van der Waals surface area contributed by atoms with Crippen LogP contribution in [0.4, 0.5) is 15.8 Å². The quantitative estimate of drug-likeness (QED) is 0.708. The Kier molecular flexibility index (Phi) is 3.84. The number of benzene rings is 1. The van der Waals surface area contributed by atoms with E-state index >= 15 is 0 Å². The zero-order chi connectivity index (χ0) is 12.3. The first-order valence-corrected chi connectivity index (χ1v) is 6.13. The van der Waals surface area contributed by atoms with E-state index in [1.165, 1.54) is 12.1 Å². The maximum absolute atomic E-state index is 13.1. The summed E-state index contributed by atoms with van der Waals surface area (Å²) in [5.41, 5.74) is 6.66. The van der Waals surface area contributed by atoms with Crippen LogP contribution in [0.25, 0.3) is 0 Å². The van der Waals surface area contributed by atoms with Crippen molar-refractivity contribution in [1.29, 1.82) is 0 Å². The molecule has 0 saturated heterocycles. The van der Waals surface area contributed by atoms with Crippen molar-refractivity contribution in [3.8, 4) is 0 Å². The van der Waals surface area contributed by atoms with Crippen LogP contribution < -0.4 is 11.1 Å². The highest BCUT2D eigenvalue weighted by atomic mass is 19.1. The third kappa shape index (κ3) is 3.33. The number of aliphatic hydroxyl groups excluding tert-OH is 1. The second-order valence-corrected chi connectivity index (χ2v) is 4.77. The highest BCUT2D eigenvalue weighted by Crippen LogP contribution is 2.25. The van der Waals surface area contributed by atoms with Crippen LogP contribution in [-0.4, -0.2) is 17.8 Å². The van der Waals surface area contributed by atoms with Crippen molar-refractivity contribution in [2.24, 2.45) is 5.92 Å². The van der Waals surface area contributed by atoms with Gasteiger partial charge in [-0.25, -0.2) is 4.39 Å². The molecule has 0 bridgehead atoms. The summed E-state index contributed by atoms with van der Waals surface area (Å²) in [4.78, 5) is 0. The van der Waals surface area contributed by atoms with Gasteiger partial charge in [-0.15, -0.1) is 0 Å². The molecule has 4 N–H and O–H groups in total. The first kappa shape index (κ1) is 12.2. The zero-order valence-corrected chi connectivity index (χ0v) is 9.82. The molecule has 1 fully saturated rings. The number of nitrogens with one attached hydrogen (secondary N) is 1. The molecule has 1 aromatic rings. The summed E-state index contributed by atoms with van der Waals surface area (Å²) in [5.74, 6) is -0.0788. The number of hydrogen-bond acceptors (Lipinski definition) is 3. The Morgan fingerprint density at radius 2 is 2.06 bits per heavy atom. The van der Waals surface area contributed by atoms with Gasteiger partial charge in [-0.05, 0) is 31.0 Å². The summed E-state index contributed by atoms with van der Waals surface area (Å²) < 4.78 is 13.1. The van der Waals surface area contributed by atoms with E-state index in [2.05, 4.69) is 5.32 Å². The molecule has 0 heterocycles. The van der Waals surface area contributed by atoms with Crippen molar-refractivity contribution in [3.05, 3.63) is 24.0 Å². The number of nitrogens with two attached hydrogens (primary N) is 1. The zero-order valence-electron chi connectivity index (χ0n) is 9.82. The van der Waals surface area contributed by atoms with Crippen molar-refractivity contribution in [3.63, 3.8) is 0 Å². The molecule has 0 aliphatic heterocycles. The van der Waals surface area contributed by atoms with Gasteiger partial charge in [0, 0.05) is 23.8 Å². The molecule has 0 spiro atoms. The van der Waals surface area contributed by atoms with Gasteiger partial charge in [-0.2, -0.15) is 0 Å².